The van der Waals surface area contributed by atoms with E-state index in [-0.39, 0.29) is 10.6 Å². The van der Waals surface area contributed by atoms with Gasteiger partial charge in [-0.3, -0.25) is 0 Å². The molecule has 1 aromatic rings. The van der Waals surface area contributed by atoms with Crippen LogP contribution in [-0.2, 0) is 16.6 Å². The Morgan fingerprint density at radius 1 is 1.33 bits per heavy atom. The van der Waals surface area contributed by atoms with E-state index >= 15 is 0 Å². The molecule has 1 N–H and O–H groups in total. The standard InChI is InChI=1S/C12H16F3NO4S/c1-16(6-5-12(13,14)15)21(18,19)11-7-9(8-17)3-4-10(11)20-2/h3-4,7,17H,5-6,8H2,1-2H3. The van der Waals surface area contributed by atoms with Crippen molar-refractivity contribution in [2.75, 3.05) is 20.7 Å². The molecule has 9 heteroatoms. The van der Waals surface area contributed by atoms with Crippen molar-refractivity contribution in [3.05, 3.63) is 23.8 Å². The predicted octanol–water partition coefficient (Wildman–Crippen LogP) is 1.76. The highest BCUT2D eigenvalue weighted by Gasteiger charge is 2.31. The molecule has 0 aliphatic carbocycles. The van der Waals surface area contributed by atoms with Gasteiger partial charge in [-0.2, -0.15) is 13.2 Å². The molecule has 5 nitrogen and oxygen atoms in total. The Hall–Kier alpha value is -1.32. The molecule has 0 aliphatic heterocycles. The third-order valence-corrected chi connectivity index (χ3v) is 4.69. The van der Waals surface area contributed by atoms with Gasteiger partial charge in [-0.25, -0.2) is 12.7 Å². The molecule has 0 bridgehead atoms. The Morgan fingerprint density at radius 2 is 1.95 bits per heavy atom. The number of hydrogen-bond donors (Lipinski definition) is 1. The third kappa shape index (κ3) is 4.58. The molecule has 0 amide bonds. The zero-order chi connectivity index (χ0) is 16.3. The van der Waals surface area contributed by atoms with Gasteiger partial charge in [0.25, 0.3) is 0 Å². The van der Waals surface area contributed by atoms with E-state index in [4.69, 9.17) is 9.84 Å². The molecule has 0 atom stereocenters. The van der Waals surface area contributed by atoms with Crippen LogP contribution in [0.25, 0.3) is 0 Å². The first kappa shape index (κ1) is 17.7. The van der Waals surface area contributed by atoms with Crippen molar-refractivity contribution in [2.24, 2.45) is 0 Å². The van der Waals surface area contributed by atoms with Crippen molar-refractivity contribution in [3.63, 3.8) is 0 Å². The van der Waals surface area contributed by atoms with Gasteiger partial charge in [-0.1, -0.05) is 6.07 Å². The van der Waals surface area contributed by atoms with Gasteiger partial charge in [0.1, 0.15) is 10.6 Å². The lowest BCUT2D eigenvalue weighted by Crippen LogP contribution is -2.31. The number of methoxy groups -OCH3 is 1. The van der Waals surface area contributed by atoms with Crippen LogP contribution in [0.1, 0.15) is 12.0 Å². The second-order valence-electron chi connectivity index (χ2n) is 4.34. The maximum absolute atomic E-state index is 12.3. The van der Waals surface area contributed by atoms with Gasteiger partial charge in [0.05, 0.1) is 20.1 Å². The number of hydrogen-bond acceptors (Lipinski definition) is 4. The van der Waals surface area contributed by atoms with E-state index in [1.807, 2.05) is 0 Å². The highest BCUT2D eigenvalue weighted by molar-refractivity contribution is 7.89. The zero-order valence-corrected chi connectivity index (χ0v) is 12.3. The summed E-state index contributed by atoms with van der Waals surface area (Å²) in [6, 6.07) is 3.99. The minimum atomic E-state index is -4.44. The van der Waals surface area contributed by atoms with Gasteiger partial charge in [0.2, 0.25) is 10.0 Å². The van der Waals surface area contributed by atoms with E-state index in [1.165, 1.54) is 25.3 Å². The molecular formula is C12H16F3NO4S. The van der Waals surface area contributed by atoms with E-state index in [2.05, 4.69) is 0 Å². The fourth-order valence-corrected chi connectivity index (χ4v) is 2.97. The number of ether oxygens (including phenoxy) is 1. The van der Waals surface area contributed by atoms with Gasteiger partial charge in [-0.05, 0) is 17.7 Å². The zero-order valence-electron chi connectivity index (χ0n) is 11.5. The Bertz CT molecular complexity index is 587. The van der Waals surface area contributed by atoms with Crippen LogP contribution in [0.5, 0.6) is 5.75 Å². The number of sulfonamides is 1. The quantitative estimate of drug-likeness (QED) is 0.864. The van der Waals surface area contributed by atoms with Crippen LogP contribution in [0.2, 0.25) is 0 Å². The minimum Gasteiger partial charge on any atom is -0.495 e. The van der Waals surface area contributed by atoms with Gasteiger partial charge in [-0.15, -0.1) is 0 Å². The van der Waals surface area contributed by atoms with Crippen LogP contribution in [0.15, 0.2) is 23.1 Å². The lowest BCUT2D eigenvalue weighted by atomic mass is 10.2. The number of rotatable bonds is 6. The van der Waals surface area contributed by atoms with Crippen LogP contribution < -0.4 is 4.74 Å². The number of alkyl halides is 3. The lowest BCUT2D eigenvalue weighted by Gasteiger charge is -2.20. The summed E-state index contributed by atoms with van der Waals surface area (Å²) in [4.78, 5) is -0.277. The van der Waals surface area contributed by atoms with E-state index in [0.29, 0.717) is 9.87 Å². The van der Waals surface area contributed by atoms with E-state index in [9.17, 15) is 21.6 Å². The molecule has 21 heavy (non-hydrogen) atoms. The maximum Gasteiger partial charge on any atom is 0.390 e. The molecule has 1 aromatic carbocycles. The van der Waals surface area contributed by atoms with Crippen LogP contribution in [0.3, 0.4) is 0 Å². The molecule has 0 saturated carbocycles. The normalized spacial score (nSPS) is 12.7. The Labute approximate surface area is 121 Å². The summed E-state index contributed by atoms with van der Waals surface area (Å²) in [6.07, 6.45) is -5.69. The highest BCUT2D eigenvalue weighted by Crippen LogP contribution is 2.28. The number of aliphatic hydroxyl groups is 1. The minimum absolute atomic E-state index is 0.00561. The average Bonchev–Trinajstić information content (AvgIpc) is 2.42. The average molecular weight is 327 g/mol. The molecule has 0 aliphatic rings. The fourth-order valence-electron chi connectivity index (χ4n) is 1.59. The number of benzene rings is 1. The fraction of sp³-hybridized carbons (Fsp3) is 0.500. The molecule has 0 fully saturated rings. The molecule has 1 rings (SSSR count). The van der Waals surface area contributed by atoms with Crippen molar-refractivity contribution in [2.45, 2.75) is 24.1 Å². The molecule has 0 unspecified atom stereocenters. The molecule has 0 saturated heterocycles. The third-order valence-electron chi connectivity index (χ3n) is 2.81. The molecule has 0 radical (unpaired) electrons. The van der Waals surface area contributed by atoms with Crippen LogP contribution in [0, 0.1) is 0 Å². The van der Waals surface area contributed by atoms with Gasteiger partial charge < -0.3 is 9.84 Å². The second kappa shape index (κ2) is 6.63. The summed E-state index contributed by atoms with van der Waals surface area (Å²) < 4.78 is 66.7. The van der Waals surface area contributed by atoms with Gasteiger partial charge >= 0.3 is 6.18 Å². The Kier molecular flexibility index (Phi) is 5.60. The predicted molar refractivity (Wildman–Crippen MR) is 69.4 cm³/mol. The summed E-state index contributed by atoms with van der Waals surface area (Å²) in [5.74, 6) is 0.00561. The Balaban J connectivity index is 3.11. The van der Waals surface area contributed by atoms with Crippen molar-refractivity contribution < 1.29 is 31.4 Å². The summed E-state index contributed by atoms with van der Waals surface area (Å²) >= 11 is 0. The topological polar surface area (TPSA) is 66.8 Å². The monoisotopic (exact) mass is 327 g/mol. The number of halogens is 3. The first-order chi connectivity index (χ1) is 9.61. The highest BCUT2D eigenvalue weighted by atomic mass is 32.2. The molecule has 0 aromatic heterocycles. The summed E-state index contributed by atoms with van der Waals surface area (Å²) in [5, 5.41) is 9.04. The number of nitrogens with zero attached hydrogens (tertiary/aromatic N) is 1. The first-order valence-corrected chi connectivity index (χ1v) is 7.36. The molecule has 120 valence electrons. The van der Waals surface area contributed by atoms with Crippen molar-refractivity contribution in [1.82, 2.24) is 4.31 Å². The SMILES string of the molecule is COc1ccc(CO)cc1S(=O)(=O)N(C)CCC(F)(F)F. The largest absolute Gasteiger partial charge is 0.495 e. The summed E-state index contributed by atoms with van der Waals surface area (Å²) in [5.41, 5.74) is 0.318. The van der Waals surface area contributed by atoms with Crippen molar-refractivity contribution >= 4 is 10.0 Å². The molecule has 0 heterocycles. The van der Waals surface area contributed by atoms with E-state index < -0.39 is 35.8 Å². The van der Waals surface area contributed by atoms with Crippen LogP contribution in [0.4, 0.5) is 13.2 Å². The van der Waals surface area contributed by atoms with Gasteiger partial charge in [0.15, 0.2) is 0 Å². The van der Waals surface area contributed by atoms with Crippen molar-refractivity contribution in [1.29, 1.82) is 0 Å². The Morgan fingerprint density at radius 3 is 2.43 bits per heavy atom. The van der Waals surface area contributed by atoms with E-state index in [1.54, 1.807) is 0 Å². The lowest BCUT2D eigenvalue weighted by molar-refractivity contribution is -0.135. The maximum atomic E-state index is 12.3. The first-order valence-electron chi connectivity index (χ1n) is 5.92. The van der Waals surface area contributed by atoms with Crippen molar-refractivity contribution in [3.8, 4) is 5.75 Å². The molecule has 0 spiro atoms. The smallest absolute Gasteiger partial charge is 0.390 e. The summed E-state index contributed by atoms with van der Waals surface area (Å²) in [7, 11) is -1.83. The summed E-state index contributed by atoms with van der Waals surface area (Å²) in [6.45, 7) is -1.09. The van der Waals surface area contributed by atoms with E-state index in [0.717, 1.165) is 7.05 Å². The van der Waals surface area contributed by atoms with Crippen LogP contribution >= 0.6 is 0 Å². The second-order valence-corrected chi connectivity index (χ2v) is 6.35. The van der Waals surface area contributed by atoms with Crippen LogP contribution in [-0.4, -0.2) is 44.7 Å². The number of aliphatic hydroxyl groups excluding tert-OH is 1. The van der Waals surface area contributed by atoms with Gasteiger partial charge in [0, 0.05) is 13.6 Å². The molecular weight excluding hydrogens is 311 g/mol.